The fourth-order valence-electron chi connectivity index (χ4n) is 4.00. The Kier molecular flexibility index (Phi) is 13.7. The Morgan fingerprint density at radius 2 is 1.27 bits per heavy atom. The van der Waals surface area contributed by atoms with E-state index in [0.717, 1.165) is 30.9 Å². The van der Waals surface area contributed by atoms with Crippen LogP contribution in [-0.2, 0) is 32.3 Å². The minimum absolute atomic E-state index is 0.257. The van der Waals surface area contributed by atoms with Gasteiger partial charge in [0.2, 0.25) is 5.91 Å². The number of amides is 1. The Hall–Kier alpha value is -4.49. The molecular formula is C25H25F9N4O7. The van der Waals surface area contributed by atoms with Gasteiger partial charge < -0.3 is 20.2 Å². The fraction of sp³-hybridized carbons (Fsp3) is 0.440. The summed E-state index contributed by atoms with van der Waals surface area (Å²) in [7, 11) is 0. The van der Waals surface area contributed by atoms with Crippen molar-refractivity contribution in [1.29, 1.82) is 0 Å². The molecule has 0 saturated carbocycles. The second kappa shape index (κ2) is 16.0. The van der Waals surface area contributed by atoms with Gasteiger partial charge in [-0.25, -0.2) is 14.4 Å². The summed E-state index contributed by atoms with van der Waals surface area (Å²) in [6.45, 7) is 4.56. The molecule has 0 radical (unpaired) electrons. The van der Waals surface area contributed by atoms with Crippen molar-refractivity contribution in [1.82, 2.24) is 19.8 Å². The molecule has 250 valence electrons. The Morgan fingerprint density at radius 1 is 0.800 bits per heavy atom. The Labute approximate surface area is 247 Å². The van der Waals surface area contributed by atoms with Crippen LogP contribution in [0.15, 0.2) is 42.7 Å². The number of carbonyl (C=O) groups is 4. The Morgan fingerprint density at radius 3 is 1.69 bits per heavy atom. The van der Waals surface area contributed by atoms with Crippen LogP contribution in [0.1, 0.15) is 29.8 Å². The van der Waals surface area contributed by atoms with Gasteiger partial charge >= 0.3 is 36.4 Å². The van der Waals surface area contributed by atoms with Crippen LogP contribution < -0.4 is 0 Å². The number of rotatable bonds is 4. The predicted octanol–water partition coefficient (Wildman–Crippen LogP) is 4.06. The van der Waals surface area contributed by atoms with Crippen molar-refractivity contribution in [2.75, 3.05) is 6.54 Å². The first-order valence-electron chi connectivity index (χ1n) is 12.3. The Bertz CT molecular complexity index is 1250. The summed E-state index contributed by atoms with van der Waals surface area (Å²) in [5.74, 6) is -8.01. The van der Waals surface area contributed by atoms with Gasteiger partial charge in [0.25, 0.3) is 0 Å². The standard InChI is InChI=1S/C19H22N4O.3C2HF3O2/c1-14-3-2-4-16(21-14)13-23-17-7-10-22(18(17)11-19(23)24)12-15-5-8-20-9-6-15;3*3-2(4,5)1(6)7/h2-6,8-9,17-18H,7,10-13H2,1H3;3*(H,6,7)/t17-,18+;;;/m0.../s1. The van der Waals surface area contributed by atoms with Crippen LogP contribution >= 0.6 is 0 Å². The molecule has 0 aromatic carbocycles. The van der Waals surface area contributed by atoms with E-state index in [1.54, 1.807) is 0 Å². The SMILES string of the molecule is Cc1cccc(CN2C(=O)C[C@@H]3[C@@H]2CCN3Cc2ccncc2)n1.O=C(O)C(F)(F)F.O=C(O)C(F)(F)F.O=C(O)C(F)(F)F. The van der Waals surface area contributed by atoms with E-state index in [-0.39, 0.29) is 5.91 Å². The van der Waals surface area contributed by atoms with Gasteiger partial charge in [-0.1, -0.05) is 6.07 Å². The molecule has 0 spiro atoms. The summed E-state index contributed by atoms with van der Waals surface area (Å²) >= 11 is 0. The van der Waals surface area contributed by atoms with Crippen molar-refractivity contribution in [3.8, 4) is 0 Å². The smallest absolute Gasteiger partial charge is 0.475 e. The van der Waals surface area contributed by atoms with E-state index in [1.165, 1.54) is 5.56 Å². The lowest BCUT2D eigenvalue weighted by Gasteiger charge is -2.25. The molecule has 2 fully saturated rings. The number of carboxylic acid groups (broad SMARTS) is 3. The van der Waals surface area contributed by atoms with Crippen LogP contribution in [0.4, 0.5) is 39.5 Å². The van der Waals surface area contributed by atoms with Crippen molar-refractivity contribution in [3.63, 3.8) is 0 Å². The van der Waals surface area contributed by atoms with Crippen LogP contribution in [0.2, 0.25) is 0 Å². The summed E-state index contributed by atoms with van der Waals surface area (Å²) in [5.41, 5.74) is 3.25. The van der Waals surface area contributed by atoms with Gasteiger partial charge in [0.05, 0.1) is 12.2 Å². The van der Waals surface area contributed by atoms with Gasteiger partial charge in [0.1, 0.15) is 0 Å². The Balaban J connectivity index is 0.000000396. The van der Waals surface area contributed by atoms with E-state index in [1.807, 2.05) is 42.4 Å². The molecule has 0 unspecified atom stereocenters. The maximum Gasteiger partial charge on any atom is 0.490 e. The summed E-state index contributed by atoms with van der Waals surface area (Å²) in [4.78, 5) is 52.3. The summed E-state index contributed by atoms with van der Waals surface area (Å²) in [5, 5.41) is 21.4. The zero-order valence-electron chi connectivity index (χ0n) is 22.9. The van der Waals surface area contributed by atoms with E-state index in [4.69, 9.17) is 29.7 Å². The van der Waals surface area contributed by atoms with Gasteiger partial charge in [0.15, 0.2) is 0 Å². The van der Waals surface area contributed by atoms with Crippen molar-refractivity contribution in [2.24, 2.45) is 0 Å². The third kappa shape index (κ3) is 13.4. The van der Waals surface area contributed by atoms with Gasteiger partial charge in [-0.2, -0.15) is 39.5 Å². The highest BCUT2D eigenvalue weighted by molar-refractivity contribution is 5.80. The number of aromatic nitrogens is 2. The molecule has 20 heteroatoms. The highest BCUT2D eigenvalue weighted by Crippen LogP contribution is 2.34. The first kappa shape index (κ1) is 38.5. The van der Waals surface area contributed by atoms with E-state index >= 15 is 0 Å². The molecule has 0 aliphatic carbocycles. The zero-order chi connectivity index (χ0) is 34.8. The number of halogens is 9. The molecule has 2 atom stereocenters. The monoisotopic (exact) mass is 664 g/mol. The highest BCUT2D eigenvalue weighted by atomic mass is 19.4. The summed E-state index contributed by atoms with van der Waals surface area (Å²) in [6, 6.07) is 10.8. The van der Waals surface area contributed by atoms with Gasteiger partial charge in [-0.05, 0) is 43.2 Å². The van der Waals surface area contributed by atoms with Gasteiger partial charge in [0, 0.05) is 49.7 Å². The fourth-order valence-corrected chi connectivity index (χ4v) is 4.00. The molecule has 2 aliphatic heterocycles. The molecule has 11 nitrogen and oxygen atoms in total. The third-order valence-corrected chi connectivity index (χ3v) is 5.87. The summed E-state index contributed by atoms with van der Waals surface area (Å²) in [6.07, 6.45) is -9.91. The van der Waals surface area contributed by atoms with Crippen molar-refractivity contribution in [3.05, 3.63) is 59.7 Å². The molecule has 2 aliphatic rings. The molecule has 2 aromatic heterocycles. The number of pyridine rings is 2. The number of hydrogen-bond donors (Lipinski definition) is 3. The lowest BCUT2D eigenvalue weighted by molar-refractivity contribution is -0.193. The topological polar surface area (TPSA) is 161 Å². The molecular weight excluding hydrogens is 639 g/mol. The van der Waals surface area contributed by atoms with E-state index in [0.29, 0.717) is 25.0 Å². The lowest BCUT2D eigenvalue weighted by Crippen LogP contribution is -2.36. The zero-order valence-corrected chi connectivity index (χ0v) is 22.9. The number of nitrogens with zero attached hydrogens (tertiary/aromatic N) is 4. The van der Waals surface area contributed by atoms with E-state index in [2.05, 4.69) is 27.0 Å². The first-order valence-corrected chi connectivity index (χ1v) is 12.3. The van der Waals surface area contributed by atoms with E-state index in [9.17, 15) is 44.3 Å². The van der Waals surface area contributed by atoms with Crippen LogP contribution in [0.25, 0.3) is 0 Å². The highest BCUT2D eigenvalue weighted by Gasteiger charge is 2.46. The van der Waals surface area contributed by atoms with Crippen molar-refractivity contribution < 1.29 is 74.0 Å². The average molecular weight is 664 g/mol. The molecule has 4 heterocycles. The number of alkyl halides is 9. The average Bonchev–Trinajstić information content (AvgIpc) is 3.43. The molecule has 45 heavy (non-hydrogen) atoms. The van der Waals surface area contributed by atoms with Crippen LogP contribution in [-0.4, -0.2) is 96.1 Å². The van der Waals surface area contributed by atoms with Crippen molar-refractivity contribution in [2.45, 2.75) is 63.5 Å². The minimum Gasteiger partial charge on any atom is -0.475 e. The molecule has 1 amide bonds. The second-order valence-corrected chi connectivity index (χ2v) is 9.15. The number of carboxylic acids is 3. The predicted molar refractivity (Wildman–Crippen MR) is 132 cm³/mol. The van der Waals surface area contributed by atoms with Crippen molar-refractivity contribution >= 4 is 23.8 Å². The number of likely N-dealkylation sites (tertiary alicyclic amines) is 2. The van der Waals surface area contributed by atoms with Gasteiger partial charge in [-0.15, -0.1) is 0 Å². The normalized spacial score (nSPS) is 17.9. The maximum atomic E-state index is 12.5. The van der Waals surface area contributed by atoms with Gasteiger partial charge in [-0.3, -0.25) is 19.7 Å². The maximum absolute atomic E-state index is 12.5. The first-order chi connectivity index (χ1) is 20.5. The molecule has 3 N–H and O–H groups in total. The number of fused-ring (bicyclic) bond motifs is 1. The largest absolute Gasteiger partial charge is 0.490 e. The van der Waals surface area contributed by atoms with E-state index < -0.39 is 36.4 Å². The number of aryl methyl sites for hydroxylation is 1. The number of carbonyl (C=O) groups excluding carboxylic acids is 1. The minimum atomic E-state index is -5.08. The molecule has 2 aromatic rings. The number of hydrogen-bond acceptors (Lipinski definition) is 7. The number of aliphatic carboxylic acids is 3. The third-order valence-electron chi connectivity index (χ3n) is 5.87. The van der Waals surface area contributed by atoms with Crippen LogP contribution in [0.3, 0.4) is 0 Å². The quantitative estimate of drug-likeness (QED) is 0.407. The van der Waals surface area contributed by atoms with Crippen LogP contribution in [0.5, 0.6) is 0 Å². The molecule has 2 saturated heterocycles. The van der Waals surface area contributed by atoms with Crippen LogP contribution in [0, 0.1) is 6.92 Å². The lowest BCUT2D eigenvalue weighted by atomic mass is 10.1. The summed E-state index contributed by atoms with van der Waals surface area (Å²) < 4.78 is 95.2. The molecule has 4 rings (SSSR count). The second-order valence-electron chi connectivity index (χ2n) is 9.15. The molecule has 0 bridgehead atoms.